The maximum Gasteiger partial charge on any atom is 0.143 e. The van der Waals surface area contributed by atoms with Crippen molar-refractivity contribution in [1.82, 2.24) is 9.97 Å². The maximum atomic E-state index is 5.12. The number of hydrogen-bond acceptors (Lipinski definition) is 4. The maximum absolute atomic E-state index is 5.12. The fraction of sp³-hybridized carbons (Fsp3) is 0.172. The summed E-state index contributed by atoms with van der Waals surface area (Å²) in [5, 5.41) is 10.8. The van der Waals surface area contributed by atoms with E-state index < -0.39 is 7.26 Å². The smallest absolute Gasteiger partial charge is 0.143 e. The van der Waals surface area contributed by atoms with Crippen LogP contribution in [0.15, 0.2) is 102 Å². The van der Waals surface area contributed by atoms with Crippen LogP contribution in [-0.4, -0.2) is 9.97 Å². The number of halogens is 1. The first-order valence-corrected chi connectivity index (χ1v) is 15.3. The van der Waals surface area contributed by atoms with Crippen molar-refractivity contribution < 1.29 is 24.0 Å². The quantitative estimate of drug-likeness (QED) is 0.193. The molecular formula is C29H28IN2PS2. The Labute approximate surface area is 233 Å². The van der Waals surface area contributed by atoms with Crippen LogP contribution in [0.5, 0.6) is 0 Å². The summed E-state index contributed by atoms with van der Waals surface area (Å²) in [6.45, 7) is 4.48. The second-order valence-corrected chi connectivity index (χ2v) is 14.1. The summed E-state index contributed by atoms with van der Waals surface area (Å²) in [4.78, 5) is 10.0. The van der Waals surface area contributed by atoms with Crippen LogP contribution < -0.4 is 39.9 Å². The van der Waals surface area contributed by atoms with Crippen molar-refractivity contribution >= 4 is 45.8 Å². The largest absolute Gasteiger partial charge is 1.00 e. The van der Waals surface area contributed by atoms with Gasteiger partial charge in [-0.15, -0.1) is 22.7 Å². The Morgan fingerprint density at radius 1 is 0.686 bits per heavy atom. The number of rotatable bonds is 8. The molecule has 3 aromatic carbocycles. The van der Waals surface area contributed by atoms with Gasteiger partial charge < -0.3 is 24.0 Å². The SMILES string of the molecule is CC(C)Cc1nc(-c2nc(C[P+](c3ccccc3)(c3ccccc3)c3ccccc3)cs2)cs1.[I-]. The predicted octanol–water partition coefficient (Wildman–Crippen LogP) is 3.96. The van der Waals surface area contributed by atoms with Crippen molar-refractivity contribution in [3.8, 4) is 10.7 Å². The minimum Gasteiger partial charge on any atom is -1.00 e. The van der Waals surface area contributed by atoms with Crippen LogP contribution in [0, 0.1) is 5.92 Å². The van der Waals surface area contributed by atoms with Crippen molar-refractivity contribution in [3.63, 3.8) is 0 Å². The molecule has 0 N–H and O–H groups in total. The molecule has 2 nitrogen and oxygen atoms in total. The molecule has 5 rings (SSSR count). The molecule has 2 heterocycles. The Morgan fingerprint density at radius 2 is 1.20 bits per heavy atom. The lowest BCUT2D eigenvalue weighted by Gasteiger charge is -2.27. The third-order valence-corrected chi connectivity index (χ3v) is 12.0. The normalized spacial score (nSPS) is 11.4. The van der Waals surface area contributed by atoms with Gasteiger partial charge in [0.05, 0.1) is 10.7 Å². The van der Waals surface area contributed by atoms with Gasteiger partial charge in [0.1, 0.15) is 40.0 Å². The molecule has 6 heteroatoms. The fourth-order valence-corrected chi connectivity index (χ4v) is 10.5. The van der Waals surface area contributed by atoms with Gasteiger partial charge in [-0.25, -0.2) is 9.97 Å². The Hall–Kier alpha value is -1.92. The summed E-state index contributed by atoms with van der Waals surface area (Å²) >= 11 is 3.46. The summed E-state index contributed by atoms with van der Waals surface area (Å²) in [6, 6.07) is 33.0. The van der Waals surface area contributed by atoms with Gasteiger partial charge in [-0.05, 0) is 42.3 Å². The molecule has 0 saturated heterocycles. The molecule has 0 atom stereocenters. The molecule has 2 aromatic heterocycles. The summed E-state index contributed by atoms with van der Waals surface area (Å²) in [7, 11) is -1.94. The molecule has 178 valence electrons. The summed E-state index contributed by atoms with van der Waals surface area (Å²) in [5.74, 6) is 0.610. The topological polar surface area (TPSA) is 25.8 Å². The zero-order valence-electron chi connectivity index (χ0n) is 19.8. The van der Waals surface area contributed by atoms with E-state index in [9.17, 15) is 0 Å². The molecule has 0 bridgehead atoms. The monoisotopic (exact) mass is 626 g/mol. The molecular weight excluding hydrogens is 598 g/mol. The number of nitrogens with zero attached hydrogens (tertiary/aromatic N) is 2. The first kappa shape index (κ1) is 26.2. The summed E-state index contributed by atoms with van der Waals surface area (Å²) in [5.41, 5.74) is 2.16. The van der Waals surface area contributed by atoms with E-state index in [-0.39, 0.29) is 24.0 Å². The minimum atomic E-state index is -1.94. The van der Waals surface area contributed by atoms with E-state index in [4.69, 9.17) is 9.97 Å². The van der Waals surface area contributed by atoms with E-state index in [1.165, 1.54) is 20.9 Å². The van der Waals surface area contributed by atoms with Gasteiger partial charge in [-0.2, -0.15) is 0 Å². The highest BCUT2D eigenvalue weighted by molar-refractivity contribution is 7.95. The van der Waals surface area contributed by atoms with Crippen LogP contribution in [-0.2, 0) is 12.6 Å². The second-order valence-electron chi connectivity index (χ2n) is 8.84. The van der Waals surface area contributed by atoms with Crippen LogP contribution in [0.25, 0.3) is 10.7 Å². The van der Waals surface area contributed by atoms with Crippen molar-refractivity contribution in [1.29, 1.82) is 0 Å². The molecule has 0 aliphatic heterocycles. The molecule has 5 aromatic rings. The Bertz CT molecular complexity index is 1240. The highest BCUT2D eigenvalue weighted by Gasteiger charge is 2.46. The van der Waals surface area contributed by atoms with Gasteiger partial charge in [0.15, 0.2) is 0 Å². The molecule has 0 amide bonds. The summed E-state index contributed by atoms with van der Waals surface area (Å²) in [6.07, 6.45) is 1.91. The van der Waals surface area contributed by atoms with Gasteiger partial charge >= 0.3 is 0 Å². The van der Waals surface area contributed by atoms with Crippen LogP contribution in [0.3, 0.4) is 0 Å². The van der Waals surface area contributed by atoms with E-state index in [0.29, 0.717) is 5.92 Å². The molecule has 0 spiro atoms. The first-order valence-electron chi connectivity index (χ1n) is 11.6. The van der Waals surface area contributed by atoms with Gasteiger partial charge in [0.2, 0.25) is 0 Å². The molecule has 0 fully saturated rings. The minimum absolute atomic E-state index is 0. The lowest BCUT2D eigenvalue weighted by molar-refractivity contribution is -0.00000693. The molecule has 35 heavy (non-hydrogen) atoms. The Kier molecular flexibility index (Phi) is 8.87. The van der Waals surface area contributed by atoms with Crippen molar-refractivity contribution in [2.24, 2.45) is 5.92 Å². The van der Waals surface area contributed by atoms with Crippen LogP contribution in [0.4, 0.5) is 0 Å². The van der Waals surface area contributed by atoms with E-state index >= 15 is 0 Å². The standard InChI is InChI=1S/C29H28N2PS2.HI/c1-22(2)18-28-31-27(21-33-28)29-30-23(20-34-29)19-32(24-12-6-3-7-13-24,25-14-8-4-9-15-25)26-16-10-5-11-17-26;/h3-17,20-22H,18-19H2,1-2H3;1H/q+1;/p-1. The van der Waals surface area contributed by atoms with Crippen molar-refractivity contribution in [2.75, 3.05) is 0 Å². The van der Waals surface area contributed by atoms with E-state index in [1.807, 2.05) is 0 Å². The molecule has 0 radical (unpaired) electrons. The molecule has 0 unspecified atom stereocenters. The van der Waals surface area contributed by atoms with Gasteiger partial charge in [-0.3, -0.25) is 0 Å². The van der Waals surface area contributed by atoms with Gasteiger partial charge in [-0.1, -0.05) is 68.4 Å². The van der Waals surface area contributed by atoms with Crippen molar-refractivity contribution in [3.05, 3.63) is 112 Å². The van der Waals surface area contributed by atoms with Crippen molar-refractivity contribution in [2.45, 2.75) is 26.4 Å². The van der Waals surface area contributed by atoms with Crippen LogP contribution >= 0.6 is 29.9 Å². The average Bonchev–Trinajstić information content (AvgIpc) is 3.53. The second kappa shape index (κ2) is 11.9. The first-order chi connectivity index (χ1) is 16.6. The average molecular weight is 627 g/mol. The molecule has 0 saturated carbocycles. The molecule has 0 aliphatic rings. The summed E-state index contributed by atoms with van der Waals surface area (Å²) < 4.78 is 0. The van der Waals surface area contributed by atoms with E-state index in [1.54, 1.807) is 22.7 Å². The van der Waals surface area contributed by atoms with E-state index in [2.05, 4.69) is 116 Å². The van der Waals surface area contributed by atoms with Gasteiger partial charge in [0.25, 0.3) is 0 Å². The number of hydrogen-bond donors (Lipinski definition) is 0. The van der Waals surface area contributed by atoms with Gasteiger partial charge in [0, 0.05) is 17.2 Å². The lowest BCUT2D eigenvalue weighted by Crippen LogP contribution is -3.00. The fourth-order valence-electron chi connectivity index (χ4n) is 4.36. The van der Waals surface area contributed by atoms with Crippen LogP contribution in [0.2, 0.25) is 0 Å². The highest BCUT2D eigenvalue weighted by Crippen LogP contribution is 2.58. The van der Waals surface area contributed by atoms with E-state index in [0.717, 1.165) is 29.0 Å². The lowest BCUT2D eigenvalue weighted by atomic mass is 10.1. The number of aromatic nitrogens is 2. The Morgan fingerprint density at radius 3 is 1.69 bits per heavy atom. The zero-order valence-corrected chi connectivity index (χ0v) is 24.5. The zero-order chi connectivity index (χ0) is 23.4. The third kappa shape index (κ3) is 5.75. The third-order valence-electron chi connectivity index (χ3n) is 5.90. The Balaban J connectivity index is 0.00000289. The highest BCUT2D eigenvalue weighted by atomic mass is 127. The number of benzene rings is 3. The van der Waals surface area contributed by atoms with Crippen LogP contribution in [0.1, 0.15) is 24.5 Å². The number of thiazole rings is 2. The molecule has 0 aliphatic carbocycles. The predicted molar refractivity (Wildman–Crippen MR) is 151 cm³/mol.